The van der Waals surface area contributed by atoms with Crippen molar-refractivity contribution in [2.24, 2.45) is 0 Å². The van der Waals surface area contributed by atoms with Crippen LogP contribution in [0.2, 0.25) is 0 Å². The van der Waals surface area contributed by atoms with Crippen LogP contribution >= 0.6 is 0 Å². The molecule has 0 atom stereocenters. The van der Waals surface area contributed by atoms with E-state index in [0.717, 1.165) is 12.0 Å². The van der Waals surface area contributed by atoms with Crippen LogP contribution in [0.3, 0.4) is 0 Å². The minimum absolute atomic E-state index is 0.191. The molecule has 2 aromatic carbocycles. The minimum Gasteiger partial charge on any atom is -0.490 e. The number of ether oxygens (including phenoxy) is 4. The first-order valence-electron chi connectivity index (χ1n) is 9.36. The highest BCUT2D eigenvalue weighted by molar-refractivity contribution is 7.89. The molecule has 28 heavy (non-hydrogen) atoms. The first-order chi connectivity index (χ1) is 13.6. The van der Waals surface area contributed by atoms with Crippen molar-refractivity contribution in [3.63, 3.8) is 0 Å². The van der Waals surface area contributed by atoms with Gasteiger partial charge in [0, 0.05) is 25.6 Å². The molecule has 0 N–H and O–H groups in total. The van der Waals surface area contributed by atoms with E-state index in [1.807, 2.05) is 25.1 Å². The molecule has 0 amide bonds. The normalized spacial score (nSPS) is 15.9. The lowest BCUT2D eigenvalue weighted by Gasteiger charge is -2.23. The van der Waals surface area contributed by atoms with Crippen LogP contribution in [-0.2, 0) is 16.6 Å². The summed E-state index contributed by atoms with van der Waals surface area (Å²) in [6, 6.07) is 10.3. The Bertz CT molecular complexity index is 959. The van der Waals surface area contributed by atoms with Gasteiger partial charge in [0.05, 0.1) is 18.1 Å². The molecule has 7 nitrogen and oxygen atoms in total. The third kappa shape index (κ3) is 3.74. The lowest BCUT2D eigenvalue weighted by Crippen LogP contribution is -2.30. The number of hydrogen-bond donors (Lipinski definition) is 0. The van der Waals surface area contributed by atoms with E-state index in [1.54, 1.807) is 18.2 Å². The van der Waals surface area contributed by atoms with Crippen molar-refractivity contribution in [2.75, 3.05) is 33.0 Å². The zero-order valence-corrected chi connectivity index (χ0v) is 16.5. The van der Waals surface area contributed by atoms with Crippen molar-refractivity contribution in [2.45, 2.75) is 24.8 Å². The van der Waals surface area contributed by atoms with Crippen molar-refractivity contribution in [1.82, 2.24) is 4.31 Å². The van der Waals surface area contributed by atoms with E-state index in [-0.39, 0.29) is 11.4 Å². The molecular weight excluding hydrogens is 382 g/mol. The Hall–Kier alpha value is -2.45. The standard InChI is InChI=1S/C20H23NO6S/c1-2-21(14-15-4-6-17-19(12-15)27-11-10-26-17)28(22,23)16-5-7-18-20(13-16)25-9-3-8-24-18/h4-7,12-13H,2-3,8-11,14H2,1H3. The predicted octanol–water partition coefficient (Wildman–Crippen LogP) is 2.83. The second-order valence-corrected chi connectivity index (χ2v) is 8.51. The summed E-state index contributed by atoms with van der Waals surface area (Å²) in [4.78, 5) is 0.191. The molecule has 0 bridgehead atoms. The molecule has 0 saturated carbocycles. The van der Waals surface area contributed by atoms with Gasteiger partial charge in [0.1, 0.15) is 13.2 Å². The van der Waals surface area contributed by atoms with Crippen molar-refractivity contribution >= 4 is 10.0 Å². The molecule has 2 aliphatic heterocycles. The van der Waals surface area contributed by atoms with Gasteiger partial charge in [-0.1, -0.05) is 13.0 Å². The van der Waals surface area contributed by atoms with Gasteiger partial charge in [0.2, 0.25) is 10.0 Å². The van der Waals surface area contributed by atoms with Crippen molar-refractivity contribution in [1.29, 1.82) is 0 Å². The van der Waals surface area contributed by atoms with Crippen LogP contribution in [0.1, 0.15) is 18.9 Å². The molecule has 0 aromatic heterocycles. The van der Waals surface area contributed by atoms with Gasteiger partial charge in [-0.05, 0) is 29.8 Å². The summed E-state index contributed by atoms with van der Waals surface area (Å²) in [5.41, 5.74) is 0.837. The second-order valence-electron chi connectivity index (χ2n) is 6.57. The Labute approximate surface area is 164 Å². The van der Waals surface area contributed by atoms with Gasteiger partial charge in [0.15, 0.2) is 23.0 Å². The van der Waals surface area contributed by atoms with Crippen molar-refractivity contribution < 1.29 is 27.4 Å². The van der Waals surface area contributed by atoms with Crippen LogP contribution in [0.5, 0.6) is 23.0 Å². The van der Waals surface area contributed by atoms with Gasteiger partial charge < -0.3 is 18.9 Å². The highest BCUT2D eigenvalue weighted by atomic mass is 32.2. The maximum Gasteiger partial charge on any atom is 0.243 e. The predicted molar refractivity (Wildman–Crippen MR) is 103 cm³/mol. The second kappa shape index (κ2) is 7.89. The fraction of sp³-hybridized carbons (Fsp3) is 0.400. The average molecular weight is 405 g/mol. The molecule has 4 rings (SSSR count). The van der Waals surface area contributed by atoms with Gasteiger partial charge in [-0.25, -0.2) is 8.42 Å². The minimum atomic E-state index is -3.69. The van der Waals surface area contributed by atoms with Crippen molar-refractivity contribution in [3.8, 4) is 23.0 Å². The molecule has 8 heteroatoms. The summed E-state index contributed by atoms with van der Waals surface area (Å²) < 4.78 is 50.2. The monoisotopic (exact) mass is 405 g/mol. The summed E-state index contributed by atoms with van der Waals surface area (Å²) in [5.74, 6) is 2.37. The van der Waals surface area contributed by atoms with Gasteiger partial charge >= 0.3 is 0 Å². The summed E-state index contributed by atoms with van der Waals surface area (Å²) in [5, 5.41) is 0. The number of rotatable bonds is 5. The number of benzene rings is 2. The maximum absolute atomic E-state index is 13.2. The molecule has 2 aromatic rings. The van der Waals surface area contributed by atoms with E-state index in [0.29, 0.717) is 56.0 Å². The first kappa shape index (κ1) is 18.9. The molecular formula is C20H23NO6S. The lowest BCUT2D eigenvalue weighted by molar-refractivity contribution is 0.171. The third-order valence-electron chi connectivity index (χ3n) is 4.67. The van der Waals surface area contributed by atoms with Gasteiger partial charge in [-0.15, -0.1) is 0 Å². The molecule has 0 saturated heterocycles. The van der Waals surface area contributed by atoms with E-state index in [2.05, 4.69) is 0 Å². The van der Waals surface area contributed by atoms with E-state index in [9.17, 15) is 8.42 Å². The number of sulfonamides is 1. The van der Waals surface area contributed by atoms with Gasteiger partial charge in [-0.2, -0.15) is 4.31 Å². The highest BCUT2D eigenvalue weighted by Gasteiger charge is 2.26. The van der Waals surface area contributed by atoms with Gasteiger partial charge in [0.25, 0.3) is 0 Å². The zero-order valence-electron chi connectivity index (χ0n) is 15.7. The third-order valence-corrected chi connectivity index (χ3v) is 6.59. The summed E-state index contributed by atoms with van der Waals surface area (Å²) in [6.45, 7) is 4.47. The Morgan fingerprint density at radius 3 is 2.18 bits per heavy atom. The van der Waals surface area contributed by atoms with Crippen LogP contribution < -0.4 is 18.9 Å². The SMILES string of the molecule is CCN(Cc1ccc2c(c1)OCCO2)S(=O)(=O)c1ccc2c(c1)OCCCO2. The molecule has 0 fully saturated rings. The van der Waals surface area contributed by atoms with E-state index in [4.69, 9.17) is 18.9 Å². The Balaban J connectivity index is 1.59. The summed E-state index contributed by atoms with van der Waals surface area (Å²) in [7, 11) is -3.69. The summed E-state index contributed by atoms with van der Waals surface area (Å²) in [6.07, 6.45) is 0.766. The molecule has 0 spiro atoms. The largest absolute Gasteiger partial charge is 0.490 e. The molecule has 0 aliphatic carbocycles. The van der Waals surface area contributed by atoms with E-state index < -0.39 is 10.0 Å². The first-order valence-corrected chi connectivity index (χ1v) is 10.8. The Morgan fingerprint density at radius 1 is 0.821 bits per heavy atom. The topological polar surface area (TPSA) is 74.3 Å². The van der Waals surface area contributed by atoms with E-state index >= 15 is 0 Å². The maximum atomic E-state index is 13.2. The average Bonchev–Trinajstić information content (AvgIpc) is 2.96. The van der Waals surface area contributed by atoms with Crippen molar-refractivity contribution in [3.05, 3.63) is 42.0 Å². The molecule has 2 aliphatic rings. The molecule has 0 unspecified atom stereocenters. The van der Waals surface area contributed by atoms with Crippen LogP contribution in [0.15, 0.2) is 41.3 Å². The highest BCUT2D eigenvalue weighted by Crippen LogP contribution is 2.34. The number of fused-ring (bicyclic) bond motifs is 2. The smallest absolute Gasteiger partial charge is 0.243 e. The molecule has 2 heterocycles. The Kier molecular flexibility index (Phi) is 5.32. The zero-order chi connectivity index (χ0) is 19.6. The van der Waals surface area contributed by atoms with Crippen LogP contribution in [0.25, 0.3) is 0 Å². The quantitative estimate of drug-likeness (QED) is 0.762. The molecule has 0 radical (unpaired) electrons. The van der Waals surface area contributed by atoms with Crippen LogP contribution in [0.4, 0.5) is 0 Å². The lowest BCUT2D eigenvalue weighted by atomic mass is 10.2. The van der Waals surface area contributed by atoms with Crippen LogP contribution in [0, 0.1) is 0 Å². The van der Waals surface area contributed by atoms with E-state index in [1.165, 1.54) is 4.31 Å². The van der Waals surface area contributed by atoms with Crippen LogP contribution in [-0.4, -0.2) is 45.7 Å². The molecule has 150 valence electrons. The fourth-order valence-corrected chi connectivity index (χ4v) is 4.66. The number of nitrogens with zero attached hydrogens (tertiary/aromatic N) is 1. The Morgan fingerprint density at radius 2 is 1.43 bits per heavy atom. The fourth-order valence-electron chi connectivity index (χ4n) is 3.21. The summed E-state index contributed by atoms with van der Waals surface area (Å²) >= 11 is 0. The van der Waals surface area contributed by atoms with Gasteiger partial charge in [-0.3, -0.25) is 0 Å². The number of hydrogen-bond acceptors (Lipinski definition) is 6.